The van der Waals surface area contributed by atoms with E-state index in [-0.39, 0.29) is 0 Å². The third kappa shape index (κ3) is 4.60. The minimum Gasteiger partial charge on any atom is -0.383 e. The molecular weight excluding hydrogens is 302 g/mol. The Hall–Kier alpha value is -1.78. The van der Waals surface area contributed by atoms with Crippen molar-refractivity contribution in [3.63, 3.8) is 0 Å². The predicted molar refractivity (Wildman–Crippen MR) is 102 cm³/mol. The Morgan fingerprint density at radius 3 is 2.74 bits per heavy atom. The molecule has 0 fully saturated rings. The van der Waals surface area contributed by atoms with Crippen molar-refractivity contribution in [3.8, 4) is 0 Å². The van der Waals surface area contributed by atoms with Gasteiger partial charge in [0.1, 0.15) is 5.84 Å². The van der Waals surface area contributed by atoms with Crippen LogP contribution in [-0.4, -0.2) is 23.2 Å². The molecular formula is C19H25N3S. The highest BCUT2D eigenvalue weighted by atomic mass is 32.2. The summed E-state index contributed by atoms with van der Waals surface area (Å²) in [5.74, 6) is 0.603. The van der Waals surface area contributed by atoms with Crippen LogP contribution in [0.25, 0.3) is 5.57 Å². The van der Waals surface area contributed by atoms with E-state index in [1.807, 2.05) is 19.2 Å². The quantitative estimate of drug-likeness (QED) is 0.586. The molecule has 0 unspecified atom stereocenters. The summed E-state index contributed by atoms with van der Waals surface area (Å²) in [5, 5.41) is 0. The lowest BCUT2D eigenvalue weighted by Crippen LogP contribution is -2.13. The number of nitrogens with two attached hydrogens (primary N) is 1. The van der Waals surface area contributed by atoms with E-state index in [2.05, 4.69) is 59.6 Å². The third-order valence-electron chi connectivity index (χ3n) is 3.68. The van der Waals surface area contributed by atoms with E-state index in [1.54, 1.807) is 11.9 Å². The number of allylic oxidation sites excluding steroid dienone is 3. The smallest absolute Gasteiger partial charge is 0.131 e. The van der Waals surface area contributed by atoms with E-state index in [0.717, 1.165) is 36.2 Å². The van der Waals surface area contributed by atoms with Gasteiger partial charge in [-0.2, -0.15) is 0 Å². The zero-order valence-electron chi connectivity index (χ0n) is 14.1. The average Bonchev–Trinajstić information content (AvgIpc) is 2.94. The van der Waals surface area contributed by atoms with E-state index < -0.39 is 0 Å². The number of amidine groups is 1. The SMILES string of the molecule is C/C=C\C/C=C1\C(c2cccc(SN(CC)CC)c2)=CN=C1N. The van der Waals surface area contributed by atoms with Crippen molar-refractivity contribution < 1.29 is 0 Å². The van der Waals surface area contributed by atoms with Crippen LogP contribution in [-0.2, 0) is 0 Å². The summed E-state index contributed by atoms with van der Waals surface area (Å²) in [6.45, 7) is 8.43. The van der Waals surface area contributed by atoms with Crippen molar-refractivity contribution >= 4 is 23.4 Å². The Bertz CT molecular complexity index is 652. The van der Waals surface area contributed by atoms with Gasteiger partial charge in [-0.1, -0.05) is 44.2 Å². The Morgan fingerprint density at radius 1 is 1.26 bits per heavy atom. The molecule has 0 atom stereocenters. The first-order valence-electron chi connectivity index (χ1n) is 8.08. The van der Waals surface area contributed by atoms with Crippen LogP contribution < -0.4 is 5.73 Å². The zero-order valence-corrected chi connectivity index (χ0v) is 14.9. The molecule has 1 heterocycles. The summed E-state index contributed by atoms with van der Waals surface area (Å²) >= 11 is 1.79. The first kappa shape index (κ1) is 17.6. The monoisotopic (exact) mass is 327 g/mol. The summed E-state index contributed by atoms with van der Waals surface area (Å²) < 4.78 is 2.33. The summed E-state index contributed by atoms with van der Waals surface area (Å²) in [7, 11) is 0. The Morgan fingerprint density at radius 2 is 2.04 bits per heavy atom. The van der Waals surface area contributed by atoms with Crippen molar-refractivity contribution in [1.29, 1.82) is 0 Å². The molecule has 1 aromatic carbocycles. The first-order chi connectivity index (χ1) is 11.2. The maximum absolute atomic E-state index is 6.04. The van der Waals surface area contributed by atoms with Gasteiger partial charge >= 0.3 is 0 Å². The molecule has 1 aromatic rings. The highest BCUT2D eigenvalue weighted by Gasteiger charge is 2.17. The molecule has 0 spiro atoms. The normalized spacial score (nSPS) is 16.4. The standard InChI is InChI=1S/C19H25N3S/c1-4-7-8-12-17-18(14-21-19(17)20)15-10-9-11-16(13-15)23-22(5-2)6-3/h4,7,9-14H,5-6,8H2,1-3H3,(H2,20,21)/b7-4-,17-12+. The van der Waals surface area contributed by atoms with Gasteiger partial charge in [0.15, 0.2) is 0 Å². The summed E-state index contributed by atoms with van der Waals surface area (Å²) in [6.07, 6.45) is 9.04. The molecule has 3 nitrogen and oxygen atoms in total. The van der Waals surface area contributed by atoms with Crippen molar-refractivity contribution in [2.45, 2.75) is 32.1 Å². The second kappa shape index (κ2) is 8.75. The van der Waals surface area contributed by atoms with Gasteiger partial charge in [0.25, 0.3) is 0 Å². The Labute approximate surface area is 143 Å². The van der Waals surface area contributed by atoms with Gasteiger partial charge in [-0.05, 0) is 43.0 Å². The molecule has 0 bridgehead atoms. The van der Waals surface area contributed by atoms with Crippen molar-refractivity contribution in [3.05, 3.63) is 59.8 Å². The molecule has 0 aromatic heterocycles. The van der Waals surface area contributed by atoms with Gasteiger partial charge < -0.3 is 5.73 Å². The minimum atomic E-state index is 0.603. The van der Waals surface area contributed by atoms with Crippen LogP contribution in [0.15, 0.2) is 64.2 Å². The maximum atomic E-state index is 6.04. The predicted octanol–water partition coefficient (Wildman–Crippen LogP) is 4.64. The molecule has 0 saturated carbocycles. The molecule has 0 amide bonds. The molecule has 2 N–H and O–H groups in total. The van der Waals surface area contributed by atoms with Gasteiger partial charge in [0.05, 0.1) is 0 Å². The number of hydrogen-bond donors (Lipinski definition) is 1. The molecule has 4 heteroatoms. The van der Waals surface area contributed by atoms with Crippen molar-refractivity contribution in [2.24, 2.45) is 10.7 Å². The third-order valence-corrected chi connectivity index (χ3v) is 4.92. The van der Waals surface area contributed by atoms with Crippen LogP contribution >= 0.6 is 11.9 Å². The van der Waals surface area contributed by atoms with E-state index >= 15 is 0 Å². The summed E-state index contributed by atoms with van der Waals surface area (Å²) in [5.41, 5.74) is 9.35. The Balaban J connectivity index is 2.23. The number of rotatable bonds is 7. The van der Waals surface area contributed by atoms with E-state index in [1.165, 1.54) is 4.90 Å². The molecule has 0 aliphatic carbocycles. The van der Waals surface area contributed by atoms with Crippen LogP contribution in [0.5, 0.6) is 0 Å². The van der Waals surface area contributed by atoms with E-state index in [0.29, 0.717) is 5.84 Å². The van der Waals surface area contributed by atoms with Gasteiger partial charge in [0, 0.05) is 35.3 Å². The summed E-state index contributed by atoms with van der Waals surface area (Å²) in [6, 6.07) is 8.58. The Kier molecular flexibility index (Phi) is 6.68. The zero-order chi connectivity index (χ0) is 16.7. The van der Waals surface area contributed by atoms with Gasteiger partial charge in [-0.3, -0.25) is 0 Å². The van der Waals surface area contributed by atoms with Crippen molar-refractivity contribution in [1.82, 2.24) is 4.31 Å². The fourth-order valence-electron chi connectivity index (χ4n) is 2.40. The largest absolute Gasteiger partial charge is 0.383 e. The topological polar surface area (TPSA) is 41.6 Å². The first-order valence-corrected chi connectivity index (χ1v) is 8.85. The molecule has 0 radical (unpaired) electrons. The van der Waals surface area contributed by atoms with E-state index in [9.17, 15) is 0 Å². The number of hydrogen-bond acceptors (Lipinski definition) is 4. The average molecular weight is 327 g/mol. The fraction of sp³-hybridized carbons (Fsp3) is 0.316. The highest BCUT2D eigenvalue weighted by molar-refractivity contribution is 7.97. The fourth-order valence-corrected chi connectivity index (χ4v) is 3.28. The second-order valence-electron chi connectivity index (χ2n) is 5.21. The molecule has 1 aliphatic heterocycles. The molecule has 2 rings (SSSR count). The van der Waals surface area contributed by atoms with Gasteiger partial charge in [-0.25, -0.2) is 9.30 Å². The number of aliphatic imine (C=N–C) groups is 1. The minimum absolute atomic E-state index is 0.603. The van der Waals surface area contributed by atoms with E-state index in [4.69, 9.17) is 5.73 Å². The molecule has 122 valence electrons. The van der Waals surface area contributed by atoms with Gasteiger partial charge in [-0.15, -0.1) is 0 Å². The van der Waals surface area contributed by atoms with Crippen LogP contribution in [0.1, 0.15) is 32.8 Å². The number of benzene rings is 1. The molecule has 23 heavy (non-hydrogen) atoms. The second-order valence-corrected chi connectivity index (χ2v) is 6.38. The van der Waals surface area contributed by atoms with Crippen LogP contribution in [0.3, 0.4) is 0 Å². The lowest BCUT2D eigenvalue weighted by Gasteiger charge is -2.17. The van der Waals surface area contributed by atoms with Crippen LogP contribution in [0, 0.1) is 0 Å². The van der Waals surface area contributed by atoms with Crippen molar-refractivity contribution in [2.75, 3.05) is 13.1 Å². The lowest BCUT2D eigenvalue weighted by molar-refractivity contribution is 0.525. The number of nitrogens with zero attached hydrogens (tertiary/aromatic N) is 2. The van der Waals surface area contributed by atoms with Gasteiger partial charge in [0.2, 0.25) is 0 Å². The highest BCUT2D eigenvalue weighted by Crippen LogP contribution is 2.31. The maximum Gasteiger partial charge on any atom is 0.131 e. The summed E-state index contributed by atoms with van der Waals surface area (Å²) in [4.78, 5) is 5.54. The molecule has 1 aliphatic rings. The molecule has 0 saturated heterocycles. The van der Waals surface area contributed by atoms with Crippen LogP contribution in [0.4, 0.5) is 0 Å². The van der Waals surface area contributed by atoms with Crippen LogP contribution in [0.2, 0.25) is 0 Å². The lowest BCUT2D eigenvalue weighted by atomic mass is 9.98.